The molecule has 2 N–H and O–H groups in total. The maximum atomic E-state index is 11.5. The monoisotopic (exact) mass is 219 g/mol. The molecule has 0 bridgehead atoms. The van der Waals surface area contributed by atoms with E-state index in [9.17, 15) is 4.79 Å². The van der Waals surface area contributed by atoms with Crippen LogP contribution in [-0.4, -0.2) is 24.0 Å². The molecule has 0 fully saturated rings. The molecule has 4 nitrogen and oxygen atoms in total. The van der Waals surface area contributed by atoms with Gasteiger partial charge in [0.05, 0.1) is 12.6 Å². The van der Waals surface area contributed by atoms with E-state index in [0.29, 0.717) is 13.1 Å². The van der Waals surface area contributed by atoms with E-state index in [4.69, 9.17) is 0 Å². The van der Waals surface area contributed by atoms with Crippen molar-refractivity contribution < 1.29 is 4.79 Å². The number of amides is 1. The molecule has 1 aromatic heterocycles. The van der Waals surface area contributed by atoms with Gasteiger partial charge in [-0.3, -0.25) is 9.78 Å². The standard InChI is InChI=1S/C12H17N3O/c1-3-6-13-9-12(16)15-10(2)11-5-4-7-14-8-11/h3-5,7-8,10,13H,1,6,9H2,2H3,(H,15,16)/t10-/m0/s1. The smallest absolute Gasteiger partial charge is 0.234 e. The van der Waals surface area contributed by atoms with Crippen molar-refractivity contribution >= 4 is 5.91 Å². The minimum Gasteiger partial charge on any atom is -0.348 e. The zero-order valence-corrected chi connectivity index (χ0v) is 9.44. The van der Waals surface area contributed by atoms with Gasteiger partial charge in [-0.1, -0.05) is 12.1 Å². The second-order valence-corrected chi connectivity index (χ2v) is 3.50. The van der Waals surface area contributed by atoms with Gasteiger partial charge in [-0.05, 0) is 18.6 Å². The Balaban J connectivity index is 2.36. The number of nitrogens with zero attached hydrogens (tertiary/aromatic N) is 1. The predicted octanol–water partition coefficient (Wildman–Crippen LogP) is 1.03. The number of pyridine rings is 1. The fourth-order valence-corrected chi connectivity index (χ4v) is 1.30. The summed E-state index contributed by atoms with van der Waals surface area (Å²) in [7, 11) is 0. The largest absolute Gasteiger partial charge is 0.348 e. The van der Waals surface area contributed by atoms with Crippen LogP contribution in [0.5, 0.6) is 0 Å². The van der Waals surface area contributed by atoms with Gasteiger partial charge in [-0.25, -0.2) is 0 Å². The highest BCUT2D eigenvalue weighted by Crippen LogP contribution is 2.08. The molecule has 0 aliphatic heterocycles. The normalized spacial score (nSPS) is 11.8. The molecule has 0 saturated heterocycles. The zero-order chi connectivity index (χ0) is 11.8. The summed E-state index contributed by atoms with van der Waals surface area (Å²) in [4.78, 5) is 15.5. The lowest BCUT2D eigenvalue weighted by Gasteiger charge is -2.13. The van der Waals surface area contributed by atoms with Crippen LogP contribution in [0.4, 0.5) is 0 Å². The van der Waals surface area contributed by atoms with Gasteiger partial charge in [0.25, 0.3) is 0 Å². The number of rotatable bonds is 6. The van der Waals surface area contributed by atoms with Crippen LogP contribution in [-0.2, 0) is 4.79 Å². The first-order chi connectivity index (χ1) is 7.74. The minimum atomic E-state index is -0.0294. The van der Waals surface area contributed by atoms with Crippen LogP contribution in [0, 0.1) is 0 Å². The molecular formula is C12H17N3O. The Bertz CT molecular complexity index is 337. The van der Waals surface area contributed by atoms with E-state index in [2.05, 4.69) is 22.2 Å². The number of hydrogen-bond acceptors (Lipinski definition) is 3. The summed E-state index contributed by atoms with van der Waals surface area (Å²) in [5, 5.41) is 5.83. The molecule has 0 spiro atoms. The van der Waals surface area contributed by atoms with Crippen molar-refractivity contribution in [2.24, 2.45) is 0 Å². The first-order valence-electron chi connectivity index (χ1n) is 5.25. The van der Waals surface area contributed by atoms with E-state index in [0.717, 1.165) is 5.56 Å². The van der Waals surface area contributed by atoms with E-state index < -0.39 is 0 Å². The third-order valence-electron chi connectivity index (χ3n) is 2.14. The lowest BCUT2D eigenvalue weighted by Crippen LogP contribution is -2.35. The summed E-state index contributed by atoms with van der Waals surface area (Å²) in [6, 6.07) is 3.77. The summed E-state index contributed by atoms with van der Waals surface area (Å²) in [5.41, 5.74) is 1.000. The first kappa shape index (κ1) is 12.4. The lowest BCUT2D eigenvalue weighted by atomic mass is 10.1. The van der Waals surface area contributed by atoms with E-state index in [1.807, 2.05) is 19.1 Å². The molecule has 4 heteroatoms. The molecule has 0 radical (unpaired) electrons. The molecule has 1 aromatic rings. The molecule has 1 rings (SSSR count). The predicted molar refractivity (Wildman–Crippen MR) is 63.9 cm³/mol. The van der Waals surface area contributed by atoms with E-state index in [1.165, 1.54) is 0 Å². The maximum absolute atomic E-state index is 11.5. The highest BCUT2D eigenvalue weighted by atomic mass is 16.1. The van der Waals surface area contributed by atoms with Gasteiger partial charge in [0.1, 0.15) is 0 Å². The molecule has 0 aliphatic rings. The van der Waals surface area contributed by atoms with Gasteiger partial charge in [-0.15, -0.1) is 6.58 Å². The van der Waals surface area contributed by atoms with Crippen molar-refractivity contribution in [3.63, 3.8) is 0 Å². The van der Waals surface area contributed by atoms with Crippen molar-refractivity contribution in [3.8, 4) is 0 Å². The lowest BCUT2D eigenvalue weighted by molar-refractivity contribution is -0.120. The average molecular weight is 219 g/mol. The second kappa shape index (κ2) is 6.74. The van der Waals surface area contributed by atoms with Crippen LogP contribution in [0.15, 0.2) is 37.2 Å². The van der Waals surface area contributed by atoms with Gasteiger partial charge in [-0.2, -0.15) is 0 Å². The Morgan fingerprint density at radius 3 is 3.12 bits per heavy atom. The van der Waals surface area contributed by atoms with E-state index in [1.54, 1.807) is 18.5 Å². The molecular weight excluding hydrogens is 202 g/mol. The van der Waals surface area contributed by atoms with Crippen molar-refractivity contribution in [2.75, 3.05) is 13.1 Å². The van der Waals surface area contributed by atoms with Crippen LogP contribution in [0.3, 0.4) is 0 Å². The highest BCUT2D eigenvalue weighted by molar-refractivity contribution is 5.78. The van der Waals surface area contributed by atoms with Crippen LogP contribution >= 0.6 is 0 Å². The summed E-state index contributed by atoms with van der Waals surface area (Å²) >= 11 is 0. The summed E-state index contributed by atoms with van der Waals surface area (Å²) in [6.45, 7) is 6.43. The van der Waals surface area contributed by atoms with Crippen molar-refractivity contribution in [3.05, 3.63) is 42.7 Å². The molecule has 16 heavy (non-hydrogen) atoms. The van der Waals surface area contributed by atoms with Crippen molar-refractivity contribution in [2.45, 2.75) is 13.0 Å². The van der Waals surface area contributed by atoms with Crippen LogP contribution in [0.2, 0.25) is 0 Å². The first-order valence-corrected chi connectivity index (χ1v) is 5.25. The Labute approximate surface area is 95.8 Å². The summed E-state index contributed by atoms with van der Waals surface area (Å²) in [6.07, 6.45) is 5.18. The SMILES string of the molecule is C=CCNCC(=O)N[C@@H](C)c1cccnc1. The third-order valence-corrected chi connectivity index (χ3v) is 2.14. The van der Waals surface area contributed by atoms with Crippen LogP contribution < -0.4 is 10.6 Å². The molecule has 0 unspecified atom stereocenters. The molecule has 0 saturated carbocycles. The molecule has 86 valence electrons. The van der Waals surface area contributed by atoms with Crippen molar-refractivity contribution in [1.29, 1.82) is 0 Å². The van der Waals surface area contributed by atoms with Gasteiger partial charge in [0.15, 0.2) is 0 Å². The summed E-state index contributed by atoms with van der Waals surface area (Å²) in [5.74, 6) is -0.0294. The van der Waals surface area contributed by atoms with Crippen LogP contribution in [0.25, 0.3) is 0 Å². The van der Waals surface area contributed by atoms with Gasteiger partial charge in [0.2, 0.25) is 5.91 Å². The number of carbonyl (C=O) groups is 1. The quantitative estimate of drug-likeness (QED) is 0.555. The molecule has 1 heterocycles. The number of carbonyl (C=O) groups excluding carboxylic acids is 1. The maximum Gasteiger partial charge on any atom is 0.234 e. The van der Waals surface area contributed by atoms with E-state index in [-0.39, 0.29) is 11.9 Å². The Hall–Kier alpha value is -1.68. The van der Waals surface area contributed by atoms with Gasteiger partial charge in [0, 0.05) is 18.9 Å². The van der Waals surface area contributed by atoms with Gasteiger partial charge >= 0.3 is 0 Å². The molecule has 1 amide bonds. The number of nitrogens with one attached hydrogen (secondary N) is 2. The molecule has 1 atom stereocenters. The Morgan fingerprint density at radius 1 is 1.69 bits per heavy atom. The molecule has 0 aromatic carbocycles. The second-order valence-electron chi connectivity index (χ2n) is 3.50. The Kier molecular flexibility index (Phi) is 5.22. The zero-order valence-electron chi connectivity index (χ0n) is 9.44. The van der Waals surface area contributed by atoms with E-state index >= 15 is 0 Å². The fraction of sp³-hybridized carbons (Fsp3) is 0.333. The molecule has 0 aliphatic carbocycles. The number of hydrogen-bond donors (Lipinski definition) is 2. The van der Waals surface area contributed by atoms with Crippen LogP contribution in [0.1, 0.15) is 18.5 Å². The average Bonchev–Trinajstić information content (AvgIpc) is 2.30. The number of aromatic nitrogens is 1. The highest BCUT2D eigenvalue weighted by Gasteiger charge is 2.08. The topological polar surface area (TPSA) is 54.0 Å². The van der Waals surface area contributed by atoms with Gasteiger partial charge < -0.3 is 10.6 Å². The third kappa shape index (κ3) is 4.23. The fourth-order valence-electron chi connectivity index (χ4n) is 1.30. The van der Waals surface area contributed by atoms with Crippen molar-refractivity contribution in [1.82, 2.24) is 15.6 Å². The minimum absolute atomic E-state index is 0.0215. The summed E-state index contributed by atoms with van der Waals surface area (Å²) < 4.78 is 0. The Morgan fingerprint density at radius 2 is 2.50 bits per heavy atom.